The molecule has 37 heavy (non-hydrogen) atoms. The average molecular weight is 525 g/mol. The van der Waals surface area contributed by atoms with E-state index in [1.54, 1.807) is 24.4 Å². The number of imidazole rings is 1. The zero-order valence-corrected chi connectivity index (χ0v) is 21.0. The number of ether oxygens (including phenoxy) is 2. The third-order valence-corrected chi connectivity index (χ3v) is 6.78. The van der Waals surface area contributed by atoms with Crippen LogP contribution in [0.25, 0.3) is 11.0 Å². The lowest BCUT2D eigenvalue weighted by molar-refractivity contribution is 0.0697. The SMILES string of the molecule is Cn1c(CN2CCC(Oc3ccnc(COc4ccc(F)cc4Cl)c3)CC2)nc2ccc(C(=O)O)cc21. The first-order chi connectivity index (χ1) is 17.9. The molecule has 192 valence electrons. The molecule has 1 fully saturated rings. The van der Waals surface area contributed by atoms with Gasteiger partial charge in [0.05, 0.1) is 33.9 Å². The van der Waals surface area contributed by atoms with Gasteiger partial charge in [-0.3, -0.25) is 9.88 Å². The molecule has 1 saturated heterocycles. The first kappa shape index (κ1) is 25.0. The van der Waals surface area contributed by atoms with E-state index in [-0.39, 0.29) is 23.3 Å². The number of piperidine rings is 1. The number of aromatic carboxylic acids is 1. The average Bonchev–Trinajstić information content (AvgIpc) is 3.19. The van der Waals surface area contributed by atoms with Crippen molar-refractivity contribution in [2.75, 3.05) is 13.1 Å². The number of fused-ring (bicyclic) bond motifs is 1. The molecule has 0 aliphatic carbocycles. The van der Waals surface area contributed by atoms with E-state index in [1.807, 2.05) is 23.7 Å². The van der Waals surface area contributed by atoms with Gasteiger partial charge in [-0.15, -0.1) is 0 Å². The Morgan fingerprint density at radius 3 is 2.73 bits per heavy atom. The minimum atomic E-state index is -0.946. The van der Waals surface area contributed by atoms with Crippen molar-refractivity contribution in [3.05, 3.63) is 82.6 Å². The molecule has 4 aromatic rings. The lowest BCUT2D eigenvalue weighted by Crippen LogP contribution is -2.38. The van der Waals surface area contributed by atoms with Gasteiger partial charge in [0.1, 0.15) is 35.9 Å². The van der Waals surface area contributed by atoms with Gasteiger partial charge in [-0.1, -0.05) is 11.6 Å². The summed E-state index contributed by atoms with van der Waals surface area (Å²) >= 11 is 6.02. The van der Waals surface area contributed by atoms with E-state index in [0.29, 0.717) is 18.0 Å². The summed E-state index contributed by atoms with van der Waals surface area (Å²) in [6.45, 7) is 2.59. The summed E-state index contributed by atoms with van der Waals surface area (Å²) in [6.07, 6.45) is 3.49. The number of rotatable bonds is 8. The van der Waals surface area contributed by atoms with Crippen LogP contribution in [0.1, 0.15) is 34.7 Å². The summed E-state index contributed by atoms with van der Waals surface area (Å²) in [5.74, 6) is 0.655. The van der Waals surface area contributed by atoms with E-state index >= 15 is 0 Å². The molecule has 0 radical (unpaired) electrons. The van der Waals surface area contributed by atoms with Gasteiger partial charge in [0.2, 0.25) is 0 Å². The first-order valence-corrected chi connectivity index (χ1v) is 12.3. The van der Waals surface area contributed by atoms with Crippen LogP contribution in [0.15, 0.2) is 54.7 Å². The topological polar surface area (TPSA) is 89.7 Å². The van der Waals surface area contributed by atoms with Crippen LogP contribution in [0.2, 0.25) is 5.02 Å². The highest BCUT2D eigenvalue weighted by atomic mass is 35.5. The second-order valence-corrected chi connectivity index (χ2v) is 9.44. The second kappa shape index (κ2) is 10.7. The number of likely N-dealkylation sites (tertiary alicyclic amines) is 1. The Hall–Kier alpha value is -3.69. The summed E-state index contributed by atoms with van der Waals surface area (Å²) in [5.41, 5.74) is 2.54. The van der Waals surface area contributed by atoms with Crippen molar-refractivity contribution in [3.8, 4) is 11.5 Å². The normalized spacial score (nSPS) is 14.7. The Morgan fingerprint density at radius 1 is 1.16 bits per heavy atom. The molecule has 0 atom stereocenters. The summed E-state index contributed by atoms with van der Waals surface area (Å²) in [6, 6.07) is 12.7. The van der Waals surface area contributed by atoms with Crippen molar-refractivity contribution in [1.29, 1.82) is 0 Å². The van der Waals surface area contributed by atoms with Crippen LogP contribution >= 0.6 is 11.6 Å². The summed E-state index contributed by atoms with van der Waals surface area (Å²) < 4.78 is 27.1. The number of halogens is 2. The second-order valence-electron chi connectivity index (χ2n) is 9.04. The number of pyridine rings is 1. The van der Waals surface area contributed by atoms with Gasteiger partial charge < -0.3 is 19.1 Å². The maximum absolute atomic E-state index is 13.2. The molecule has 2 aromatic carbocycles. The van der Waals surface area contributed by atoms with Crippen LogP contribution in [0.5, 0.6) is 11.5 Å². The smallest absolute Gasteiger partial charge is 0.335 e. The molecule has 0 saturated carbocycles. The van der Waals surface area contributed by atoms with E-state index in [9.17, 15) is 14.3 Å². The van der Waals surface area contributed by atoms with Crippen molar-refractivity contribution >= 4 is 28.6 Å². The molecule has 0 bridgehead atoms. The van der Waals surface area contributed by atoms with Crippen molar-refractivity contribution in [1.82, 2.24) is 19.4 Å². The number of carbonyl (C=O) groups is 1. The van der Waals surface area contributed by atoms with Gasteiger partial charge in [0.25, 0.3) is 0 Å². The quantitative estimate of drug-likeness (QED) is 0.344. The molecule has 3 heterocycles. The molecular weight excluding hydrogens is 499 g/mol. The molecule has 10 heteroatoms. The number of hydrogen-bond acceptors (Lipinski definition) is 6. The highest BCUT2D eigenvalue weighted by Crippen LogP contribution is 2.26. The number of aryl methyl sites for hydroxylation is 1. The molecule has 0 spiro atoms. The third kappa shape index (κ3) is 5.84. The molecule has 8 nitrogen and oxygen atoms in total. The van der Waals surface area contributed by atoms with Crippen molar-refractivity contribution < 1.29 is 23.8 Å². The van der Waals surface area contributed by atoms with E-state index in [4.69, 9.17) is 26.1 Å². The van der Waals surface area contributed by atoms with Crippen LogP contribution in [0.4, 0.5) is 4.39 Å². The van der Waals surface area contributed by atoms with E-state index < -0.39 is 11.8 Å². The van der Waals surface area contributed by atoms with Crippen LogP contribution in [-0.2, 0) is 20.2 Å². The van der Waals surface area contributed by atoms with Gasteiger partial charge >= 0.3 is 5.97 Å². The number of carboxylic acid groups (broad SMARTS) is 1. The van der Waals surface area contributed by atoms with Gasteiger partial charge in [0.15, 0.2) is 0 Å². The molecule has 1 aliphatic rings. The van der Waals surface area contributed by atoms with Crippen molar-refractivity contribution in [2.45, 2.75) is 32.1 Å². The van der Waals surface area contributed by atoms with Gasteiger partial charge in [-0.25, -0.2) is 14.2 Å². The molecule has 0 unspecified atom stereocenters. The van der Waals surface area contributed by atoms with E-state index in [0.717, 1.165) is 48.5 Å². The Morgan fingerprint density at radius 2 is 1.97 bits per heavy atom. The lowest BCUT2D eigenvalue weighted by Gasteiger charge is -2.31. The monoisotopic (exact) mass is 524 g/mol. The number of carboxylic acids is 1. The molecule has 1 aliphatic heterocycles. The molecule has 1 N–H and O–H groups in total. The first-order valence-electron chi connectivity index (χ1n) is 12.0. The number of benzene rings is 2. The minimum absolute atomic E-state index is 0.0810. The van der Waals surface area contributed by atoms with Gasteiger partial charge in [-0.2, -0.15) is 0 Å². The van der Waals surface area contributed by atoms with Crippen LogP contribution in [0.3, 0.4) is 0 Å². The highest BCUT2D eigenvalue weighted by molar-refractivity contribution is 6.32. The summed E-state index contributed by atoms with van der Waals surface area (Å²) in [7, 11) is 1.92. The molecular formula is C27H26ClFN4O4. The molecule has 2 aromatic heterocycles. The van der Waals surface area contributed by atoms with E-state index in [1.165, 1.54) is 18.2 Å². The number of nitrogens with zero attached hydrogens (tertiary/aromatic N) is 4. The zero-order valence-electron chi connectivity index (χ0n) is 20.2. The Balaban J connectivity index is 1.15. The van der Waals surface area contributed by atoms with Crippen molar-refractivity contribution in [3.63, 3.8) is 0 Å². The Bertz CT molecular complexity index is 1440. The predicted octanol–water partition coefficient (Wildman–Crippen LogP) is 5.08. The Labute approximate surface area is 218 Å². The van der Waals surface area contributed by atoms with Crippen LogP contribution in [-0.4, -0.2) is 49.7 Å². The number of hydrogen-bond donors (Lipinski definition) is 1. The largest absolute Gasteiger partial charge is 0.490 e. The predicted molar refractivity (Wildman–Crippen MR) is 137 cm³/mol. The number of aromatic nitrogens is 3. The molecule has 5 rings (SSSR count). The van der Waals surface area contributed by atoms with Crippen LogP contribution < -0.4 is 9.47 Å². The fraction of sp³-hybridized carbons (Fsp3) is 0.296. The zero-order chi connectivity index (χ0) is 25.9. The third-order valence-electron chi connectivity index (χ3n) is 6.48. The van der Waals surface area contributed by atoms with Crippen molar-refractivity contribution in [2.24, 2.45) is 7.05 Å². The standard InChI is InChI=1S/C27H26ClFN4O4/c1-32-24-12-17(27(34)35)2-4-23(24)31-26(32)15-33-10-7-20(8-11-33)37-21-6-9-30-19(14-21)16-36-25-5-3-18(29)13-22(25)28/h2-6,9,12-14,20H,7-8,10-11,15-16H2,1H3,(H,34,35). The van der Waals surface area contributed by atoms with E-state index in [2.05, 4.69) is 9.88 Å². The van der Waals surface area contributed by atoms with Gasteiger partial charge in [0, 0.05) is 32.4 Å². The Kier molecular flexibility index (Phi) is 7.25. The fourth-order valence-corrected chi connectivity index (χ4v) is 4.67. The minimum Gasteiger partial charge on any atom is -0.490 e. The summed E-state index contributed by atoms with van der Waals surface area (Å²) in [5, 5.41) is 9.48. The van der Waals surface area contributed by atoms with Crippen LogP contribution in [0, 0.1) is 5.82 Å². The maximum atomic E-state index is 13.2. The lowest BCUT2D eigenvalue weighted by atomic mass is 10.1. The highest BCUT2D eigenvalue weighted by Gasteiger charge is 2.22. The summed E-state index contributed by atoms with van der Waals surface area (Å²) in [4.78, 5) is 22.7. The fourth-order valence-electron chi connectivity index (χ4n) is 4.44. The van der Waals surface area contributed by atoms with Gasteiger partial charge in [-0.05, 0) is 55.3 Å². The maximum Gasteiger partial charge on any atom is 0.335 e. The molecule has 0 amide bonds.